The predicted molar refractivity (Wildman–Crippen MR) is 88.5 cm³/mol. The molecule has 1 N–H and O–H groups in total. The number of hydrogen-bond donors (Lipinski definition) is 1. The molecule has 0 radical (unpaired) electrons. The first-order chi connectivity index (χ1) is 10.5. The molecule has 0 bridgehead atoms. The van der Waals surface area contributed by atoms with Crippen LogP contribution in [0.5, 0.6) is 0 Å². The minimum Gasteiger partial charge on any atom is -0.451 e. The van der Waals surface area contributed by atoms with Crippen LogP contribution in [-0.2, 0) is 9.53 Å². The largest absolute Gasteiger partial charge is 0.451 e. The summed E-state index contributed by atoms with van der Waals surface area (Å²) in [6.07, 6.45) is 0. The third-order valence-electron chi connectivity index (χ3n) is 3.14. The van der Waals surface area contributed by atoms with Crippen molar-refractivity contribution in [3.8, 4) is 0 Å². The monoisotopic (exact) mass is 317 g/mol. The number of rotatable bonds is 5. The van der Waals surface area contributed by atoms with E-state index in [1.807, 2.05) is 37.3 Å². The molecule has 0 aliphatic rings. The van der Waals surface area contributed by atoms with E-state index in [4.69, 9.17) is 4.74 Å². The second-order valence-electron chi connectivity index (χ2n) is 5.31. The molecule has 2 aromatic rings. The van der Waals surface area contributed by atoms with Gasteiger partial charge >= 0.3 is 5.97 Å². The number of benzene rings is 1. The number of thiophene rings is 1. The van der Waals surface area contributed by atoms with Gasteiger partial charge in [0.05, 0.1) is 0 Å². The van der Waals surface area contributed by atoms with Crippen molar-refractivity contribution in [2.75, 3.05) is 11.9 Å². The summed E-state index contributed by atoms with van der Waals surface area (Å²) in [6, 6.07) is 11.2. The van der Waals surface area contributed by atoms with Gasteiger partial charge in [0.15, 0.2) is 6.61 Å². The van der Waals surface area contributed by atoms with Crippen LogP contribution in [0.4, 0.5) is 5.69 Å². The van der Waals surface area contributed by atoms with Crippen LogP contribution in [0, 0.1) is 6.92 Å². The number of ether oxygens (including phenoxy) is 1. The zero-order valence-electron chi connectivity index (χ0n) is 12.9. The number of esters is 1. The highest BCUT2D eigenvalue weighted by atomic mass is 32.1. The first kappa shape index (κ1) is 16.2. The second-order valence-corrected chi connectivity index (χ2v) is 6.60. The Balaban J connectivity index is 1.84. The third-order valence-corrected chi connectivity index (χ3v) is 4.12. The Morgan fingerprint density at radius 1 is 1.14 bits per heavy atom. The molecule has 22 heavy (non-hydrogen) atoms. The number of amides is 1. The van der Waals surface area contributed by atoms with Crippen LogP contribution < -0.4 is 5.32 Å². The van der Waals surface area contributed by atoms with E-state index in [1.54, 1.807) is 6.07 Å². The van der Waals surface area contributed by atoms with Gasteiger partial charge in [0.2, 0.25) is 0 Å². The van der Waals surface area contributed by atoms with Gasteiger partial charge in [-0.15, -0.1) is 11.3 Å². The quantitative estimate of drug-likeness (QED) is 0.849. The number of anilines is 1. The number of aryl methyl sites for hydroxylation is 1. The van der Waals surface area contributed by atoms with Gasteiger partial charge in [0.25, 0.3) is 5.91 Å². The van der Waals surface area contributed by atoms with Gasteiger partial charge in [0, 0.05) is 10.6 Å². The number of carbonyl (C=O) groups excluding carboxylic acids is 2. The first-order valence-corrected chi connectivity index (χ1v) is 7.90. The highest BCUT2D eigenvalue weighted by Gasteiger charge is 2.12. The van der Waals surface area contributed by atoms with Gasteiger partial charge < -0.3 is 10.1 Å². The third kappa shape index (κ3) is 4.43. The SMILES string of the molecule is Cc1ccc(C(=O)OCC(=O)Nc2ccc(C(C)C)cc2)s1. The van der Waals surface area contributed by atoms with Crippen LogP contribution in [-0.4, -0.2) is 18.5 Å². The van der Waals surface area contributed by atoms with Gasteiger partial charge in [-0.3, -0.25) is 4.79 Å². The van der Waals surface area contributed by atoms with Crippen LogP contribution >= 0.6 is 11.3 Å². The van der Waals surface area contributed by atoms with E-state index >= 15 is 0 Å². The number of nitrogens with one attached hydrogen (secondary N) is 1. The van der Waals surface area contributed by atoms with Crippen molar-refractivity contribution in [1.29, 1.82) is 0 Å². The first-order valence-electron chi connectivity index (χ1n) is 7.09. The fraction of sp³-hybridized carbons (Fsp3) is 0.294. The summed E-state index contributed by atoms with van der Waals surface area (Å²) in [5.41, 5.74) is 1.90. The van der Waals surface area contributed by atoms with Gasteiger partial charge in [-0.1, -0.05) is 26.0 Å². The van der Waals surface area contributed by atoms with Crippen LogP contribution in [0.25, 0.3) is 0 Å². The van der Waals surface area contributed by atoms with Crippen molar-refractivity contribution in [2.45, 2.75) is 26.7 Å². The van der Waals surface area contributed by atoms with Crippen LogP contribution in [0.3, 0.4) is 0 Å². The van der Waals surface area contributed by atoms with Crippen molar-refractivity contribution in [3.63, 3.8) is 0 Å². The lowest BCUT2D eigenvalue weighted by molar-refractivity contribution is -0.119. The Hall–Kier alpha value is -2.14. The molecule has 0 saturated carbocycles. The molecular weight excluding hydrogens is 298 g/mol. The van der Waals surface area contributed by atoms with Gasteiger partial charge in [0.1, 0.15) is 4.88 Å². The van der Waals surface area contributed by atoms with Crippen LogP contribution in [0.1, 0.15) is 39.9 Å². The van der Waals surface area contributed by atoms with E-state index < -0.39 is 5.97 Å². The molecule has 1 amide bonds. The molecule has 0 fully saturated rings. The predicted octanol–water partition coefficient (Wildman–Crippen LogP) is 3.98. The lowest BCUT2D eigenvalue weighted by Crippen LogP contribution is -2.20. The van der Waals surface area contributed by atoms with Crippen LogP contribution in [0.2, 0.25) is 0 Å². The summed E-state index contributed by atoms with van der Waals surface area (Å²) in [7, 11) is 0. The van der Waals surface area contributed by atoms with Crippen molar-refractivity contribution in [2.24, 2.45) is 0 Å². The summed E-state index contributed by atoms with van der Waals surface area (Å²) in [5, 5.41) is 2.71. The summed E-state index contributed by atoms with van der Waals surface area (Å²) in [6.45, 7) is 5.84. The normalized spacial score (nSPS) is 10.5. The molecule has 4 nitrogen and oxygen atoms in total. The Labute approximate surface area is 134 Å². The molecular formula is C17H19NO3S. The van der Waals surface area contributed by atoms with Crippen molar-refractivity contribution in [3.05, 3.63) is 51.7 Å². The van der Waals surface area contributed by atoms with E-state index in [0.29, 0.717) is 16.5 Å². The highest BCUT2D eigenvalue weighted by Crippen LogP contribution is 2.18. The lowest BCUT2D eigenvalue weighted by atomic mass is 10.0. The molecule has 0 saturated heterocycles. The molecule has 1 aromatic heterocycles. The topological polar surface area (TPSA) is 55.4 Å². The smallest absolute Gasteiger partial charge is 0.348 e. The summed E-state index contributed by atoms with van der Waals surface area (Å²) >= 11 is 1.35. The molecule has 0 atom stereocenters. The average molecular weight is 317 g/mol. The van der Waals surface area contributed by atoms with E-state index in [2.05, 4.69) is 19.2 Å². The van der Waals surface area contributed by atoms with Crippen molar-refractivity contribution in [1.82, 2.24) is 0 Å². The van der Waals surface area contributed by atoms with Gasteiger partial charge in [-0.05, 0) is 42.7 Å². The fourth-order valence-electron chi connectivity index (χ4n) is 1.89. The van der Waals surface area contributed by atoms with Crippen LogP contribution in [0.15, 0.2) is 36.4 Å². The molecule has 0 unspecified atom stereocenters. The van der Waals surface area contributed by atoms with Crippen molar-refractivity contribution < 1.29 is 14.3 Å². The zero-order valence-corrected chi connectivity index (χ0v) is 13.7. The Bertz CT molecular complexity index is 659. The molecule has 116 valence electrons. The van der Waals surface area contributed by atoms with E-state index in [9.17, 15) is 9.59 Å². The maximum absolute atomic E-state index is 11.8. The number of hydrogen-bond acceptors (Lipinski definition) is 4. The molecule has 0 aliphatic carbocycles. The number of carbonyl (C=O) groups is 2. The minimum atomic E-state index is -0.469. The summed E-state index contributed by atoms with van der Waals surface area (Å²) in [4.78, 5) is 25.1. The minimum absolute atomic E-state index is 0.290. The summed E-state index contributed by atoms with van der Waals surface area (Å²) < 4.78 is 5.00. The maximum Gasteiger partial charge on any atom is 0.348 e. The molecule has 2 rings (SSSR count). The highest BCUT2D eigenvalue weighted by molar-refractivity contribution is 7.13. The molecule has 5 heteroatoms. The van der Waals surface area contributed by atoms with E-state index in [0.717, 1.165) is 4.88 Å². The van der Waals surface area contributed by atoms with Gasteiger partial charge in [-0.2, -0.15) is 0 Å². The Morgan fingerprint density at radius 2 is 1.82 bits per heavy atom. The molecule has 0 aliphatic heterocycles. The lowest BCUT2D eigenvalue weighted by Gasteiger charge is -2.08. The van der Waals surface area contributed by atoms with Gasteiger partial charge in [-0.25, -0.2) is 4.79 Å². The second kappa shape index (κ2) is 7.22. The Kier molecular flexibility index (Phi) is 5.33. The Morgan fingerprint density at radius 3 is 2.36 bits per heavy atom. The fourth-order valence-corrected chi connectivity index (χ4v) is 2.66. The average Bonchev–Trinajstić information content (AvgIpc) is 2.92. The zero-order chi connectivity index (χ0) is 16.1. The molecule has 0 spiro atoms. The summed E-state index contributed by atoms with van der Waals surface area (Å²) in [5.74, 6) is -0.373. The molecule has 1 heterocycles. The standard InChI is InChI=1S/C17H19NO3S/c1-11(2)13-5-7-14(8-6-13)18-16(19)10-21-17(20)15-9-4-12(3)22-15/h4-9,11H,10H2,1-3H3,(H,18,19). The van der Waals surface area contributed by atoms with E-state index in [-0.39, 0.29) is 12.5 Å². The van der Waals surface area contributed by atoms with E-state index in [1.165, 1.54) is 16.9 Å². The van der Waals surface area contributed by atoms with Crippen molar-refractivity contribution >= 4 is 28.9 Å². The molecule has 1 aromatic carbocycles. The maximum atomic E-state index is 11.8.